The number of amides is 1. The van der Waals surface area contributed by atoms with Gasteiger partial charge in [-0.3, -0.25) is 19.5 Å². The number of carbonyl (C=O) groups is 1. The van der Waals surface area contributed by atoms with Gasteiger partial charge in [0.15, 0.2) is 0 Å². The van der Waals surface area contributed by atoms with Crippen LogP contribution in [0, 0.1) is 0 Å². The Morgan fingerprint density at radius 2 is 2.00 bits per heavy atom. The molecule has 4 heterocycles. The van der Waals surface area contributed by atoms with E-state index in [1.807, 2.05) is 29.2 Å². The molecule has 0 saturated carbocycles. The molecule has 152 valence electrons. The minimum atomic E-state index is -0.155. The molecule has 0 aromatic carbocycles. The lowest BCUT2D eigenvalue weighted by Crippen LogP contribution is -2.31. The summed E-state index contributed by atoms with van der Waals surface area (Å²) in [4.78, 5) is 35.7. The number of nitrogens with one attached hydrogen (secondary N) is 2. The third-order valence-electron chi connectivity index (χ3n) is 5.60. The zero-order valence-corrected chi connectivity index (χ0v) is 16.5. The monoisotopic (exact) mass is 393 g/mol. The quantitative estimate of drug-likeness (QED) is 0.735. The van der Waals surface area contributed by atoms with Crippen molar-refractivity contribution in [3.05, 3.63) is 59.3 Å². The molecule has 7 heteroatoms. The number of rotatable bonds is 6. The fourth-order valence-electron chi connectivity index (χ4n) is 3.97. The number of carbonyl (C=O) groups excluding carboxylic acids is 1. The van der Waals surface area contributed by atoms with Gasteiger partial charge in [0.25, 0.3) is 5.56 Å². The molecule has 2 saturated heterocycles. The second-order valence-electron chi connectivity index (χ2n) is 7.69. The summed E-state index contributed by atoms with van der Waals surface area (Å²) in [7, 11) is 0. The average molecular weight is 393 g/mol. The van der Waals surface area contributed by atoms with Crippen LogP contribution in [0.2, 0.25) is 0 Å². The molecule has 7 nitrogen and oxygen atoms in total. The fraction of sp³-hybridized carbons (Fsp3) is 0.409. The van der Waals surface area contributed by atoms with E-state index in [0.29, 0.717) is 18.8 Å². The van der Waals surface area contributed by atoms with E-state index in [1.165, 1.54) is 12.8 Å². The molecular formula is C22H27N5O2. The maximum absolute atomic E-state index is 12.4. The van der Waals surface area contributed by atoms with Crippen LogP contribution >= 0.6 is 0 Å². The summed E-state index contributed by atoms with van der Waals surface area (Å²) in [5.41, 5.74) is 2.29. The molecule has 2 N–H and O–H groups in total. The van der Waals surface area contributed by atoms with Crippen LogP contribution in [-0.2, 0) is 4.79 Å². The molecule has 0 spiro atoms. The molecule has 1 amide bonds. The number of likely N-dealkylation sites (tertiary alicyclic amines) is 2. The van der Waals surface area contributed by atoms with Crippen LogP contribution < -0.4 is 10.9 Å². The van der Waals surface area contributed by atoms with Crippen LogP contribution in [0.5, 0.6) is 0 Å². The van der Waals surface area contributed by atoms with Gasteiger partial charge in [-0.05, 0) is 56.1 Å². The van der Waals surface area contributed by atoms with Gasteiger partial charge in [0.1, 0.15) is 5.69 Å². The number of aromatic amines is 1. The van der Waals surface area contributed by atoms with E-state index in [2.05, 4.69) is 20.2 Å². The van der Waals surface area contributed by atoms with E-state index in [1.54, 1.807) is 24.7 Å². The van der Waals surface area contributed by atoms with Crippen molar-refractivity contribution in [2.24, 2.45) is 0 Å². The average Bonchev–Trinajstić information content (AvgIpc) is 3.42. The van der Waals surface area contributed by atoms with Crippen LogP contribution in [0.4, 0.5) is 5.69 Å². The highest BCUT2D eigenvalue weighted by Gasteiger charge is 2.25. The van der Waals surface area contributed by atoms with E-state index in [4.69, 9.17) is 0 Å². The summed E-state index contributed by atoms with van der Waals surface area (Å²) in [6.07, 6.45) is 12.2. The van der Waals surface area contributed by atoms with E-state index < -0.39 is 0 Å². The van der Waals surface area contributed by atoms with Crippen molar-refractivity contribution in [2.75, 3.05) is 38.0 Å². The first kappa shape index (κ1) is 19.4. The van der Waals surface area contributed by atoms with E-state index in [-0.39, 0.29) is 17.5 Å². The summed E-state index contributed by atoms with van der Waals surface area (Å²) in [6.45, 7) is 4.40. The zero-order valence-electron chi connectivity index (χ0n) is 16.5. The molecule has 0 aliphatic carbocycles. The molecule has 2 aliphatic heterocycles. The molecule has 29 heavy (non-hydrogen) atoms. The topological polar surface area (TPSA) is 81.3 Å². The van der Waals surface area contributed by atoms with Gasteiger partial charge in [-0.25, -0.2) is 0 Å². The Kier molecular flexibility index (Phi) is 6.05. The third-order valence-corrected chi connectivity index (χ3v) is 5.60. The van der Waals surface area contributed by atoms with Gasteiger partial charge in [0.2, 0.25) is 5.91 Å². The first-order valence-corrected chi connectivity index (χ1v) is 10.3. The smallest absolute Gasteiger partial charge is 0.271 e. The Morgan fingerprint density at radius 1 is 1.21 bits per heavy atom. The second-order valence-corrected chi connectivity index (χ2v) is 7.69. The van der Waals surface area contributed by atoms with Crippen molar-refractivity contribution in [1.29, 1.82) is 0 Å². The van der Waals surface area contributed by atoms with Crippen molar-refractivity contribution < 1.29 is 4.79 Å². The zero-order chi connectivity index (χ0) is 20.1. The Bertz CT molecular complexity index is 918. The standard InChI is InChI=1S/C22H27N5O2/c28-21(4-3-12-26-10-1-2-11-26)27-13-7-19(16-27)25-20-14-18(15-24-22(20)29)17-5-8-23-9-6-17/h3-6,8-9,14-15,19,25H,1-2,7,10-13,16H2,(H,24,29)/t19-/m1/s1. The van der Waals surface area contributed by atoms with Crippen molar-refractivity contribution in [2.45, 2.75) is 25.3 Å². The lowest BCUT2D eigenvalue weighted by atomic mass is 10.1. The first-order chi connectivity index (χ1) is 14.2. The number of anilines is 1. The predicted octanol–water partition coefficient (Wildman–Crippen LogP) is 2.10. The van der Waals surface area contributed by atoms with Crippen LogP contribution in [0.15, 0.2) is 53.7 Å². The minimum Gasteiger partial charge on any atom is -0.376 e. The fourth-order valence-corrected chi connectivity index (χ4v) is 3.97. The summed E-state index contributed by atoms with van der Waals surface area (Å²) in [6, 6.07) is 5.73. The van der Waals surface area contributed by atoms with E-state index >= 15 is 0 Å². The lowest BCUT2D eigenvalue weighted by molar-refractivity contribution is -0.125. The summed E-state index contributed by atoms with van der Waals surface area (Å²) in [5, 5.41) is 3.32. The number of hydrogen-bond acceptors (Lipinski definition) is 5. The lowest BCUT2D eigenvalue weighted by Gasteiger charge is -2.16. The SMILES string of the molecule is O=C(C=CCN1CCCC1)N1CC[C@@H](Nc2cc(-c3ccncc3)c[nH]c2=O)C1. The highest BCUT2D eigenvalue weighted by Crippen LogP contribution is 2.20. The van der Waals surface area contributed by atoms with Gasteiger partial charge < -0.3 is 15.2 Å². The summed E-state index contributed by atoms with van der Waals surface area (Å²) < 4.78 is 0. The molecule has 2 aromatic heterocycles. The van der Waals surface area contributed by atoms with Crippen molar-refractivity contribution >= 4 is 11.6 Å². The maximum atomic E-state index is 12.4. The first-order valence-electron chi connectivity index (χ1n) is 10.3. The normalized spacial score (nSPS) is 19.9. The second kappa shape index (κ2) is 9.05. The molecule has 0 bridgehead atoms. The Balaban J connectivity index is 1.34. The number of nitrogens with zero attached hydrogens (tertiary/aromatic N) is 3. The minimum absolute atomic E-state index is 0.0490. The molecule has 0 unspecified atom stereocenters. The van der Waals surface area contributed by atoms with Gasteiger partial charge in [-0.1, -0.05) is 6.08 Å². The number of hydrogen-bond donors (Lipinski definition) is 2. The van der Waals surface area contributed by atoms with Crippen LogP contribution in [0.25, 0.3) is 11.1 Å². The number of aromatic nitrogens is 2. The molecule has 4 rings (SSSR count). The van der Waals surface area contributed by atoms with Gasteiger partial charge in [0, 0.05) is 55.9 Å². The van der Waals surface area contributed by atoms with Gasteiger partial charge in [0.05, 0.1) is 0 Å². The van der Waals surface area contributed by atoms with Crippen molar-refractivity contribution in [3.63, 3.8) is 0 Å². The molecule has 2 aliphatic rings. The molecular weight excluding hydrogens is 366 g/mol. The maximum Gasteiger partial charge on any atom is 0.271 e. The largest absolute Gasteiger partial charge is 0.376 e. The van der Waals surface area contributed by atoms with Crippen LogP contribution in [0.1, 0.15) is 19.3 Å². The van der Waals surface area contributed by atoms with Gasteiger partial charge in [-0.2, -0.15) is 0 Å². The van der Waals surface area contributed by atoms with Crippen LogP contribution in [0.3, 0.4) is 0 Å². The highest BCUT2D eigenvalue weighted by molar-refractivity contribution is 5.87. The third kappa shape index (κ3) is 4.92. The van der Waals surface area contributed by atoms with Crippen molar-refractivity contribution in [1.82, 2.24) is 19.8 Å². The molecule has 2 aromatic rings. The highest BCUT2D eigenvalue weighted by atomic mass is 16.2. The van der Waals surface area contributed by atoms with Crippen LogP contribution in [-0.4, -0.2) is 64.4 Å². The molecule has 0 radical (unpaired) electrons. The Labute approximate surface area is 170 Å². The Hall–Kier alpha value is -2.93. The Morgan fingerprint density at radius 3 is 2.79 bits per heavy atom. The van der Waals surface area contributed by atoms with Gasteiger partial charge >= 0.3 is 0 Å². The number of pyridine rings is 2. The summed E-state index contributed by atoms with van der Waals surface area (Å²) >= 11 is 0. The number of H-pyrrole nitrogens is 1. The predicted molar refractivity (Wildman–Crippen MR) is 114 cm³/mol. The van der Waals surface area contributed by atoms with Crippen molar-refractivity contribution in [3.8, 4) is 11.1 Å². The molecule has 1 atom stereocenters. The van der Waals surface area contributed by atoms with E-state index in [0.717, 1.165) is 37.2 Å². The molecule has 2 fully saturated rings. The summed E-state index contributed by atoms with van der Waals surface area (Å²) in [5.74, 6) is 0.0490. The van der Waals surface area contributed by atoms with E-state index in [9.17, 15) is 9.59 Å². The van der Waals surface area contributed by atoms with Gasteiger partial charge in [-0.15, -0.1) is 0 Å².